The first-order valence-corrected chi connectivity index (χ1v) is 8.00. The lowest BCUT2D eigenvalue weighted by Crippen LogP contribution is -2.43. The van der Waals surface area contributed by atoms with Gasteiger partial charge in [-0.2, -0.15) is 5.26 Å². The van der Waals surface area contributed by atoms with Crippen molar-refractivity contribution in [3.05, 3.63) is 35.4 Å². The van der Waals surface area contributed by atoms with Crippen LogP contribution in [0.2, 0.25) is 0 Å². The second-order valence-corrected chi connectivity index (χ2v) is 5.88. The van der Waals surface area contributed by atoms with Gasteiger partial charge < -0.3 is 10.1 Å². The third-order valence-electron chi connectivity index (χ3n) is 4.31. The molecule has 0 saturated heterocycles. The molecule has 1 aliphatic carbocycles. The van der Waals surface area contributed by atoms with E-state index in [1.807, 2.05) is 6.07 Å². The van der Waals surface area contributed by atoms with Gasteiger partial charge in [-0.25, -0.2) is 0 Å². The minimum atomic E-state index is -0.284. The summed E-state index contributed by atoms with van der Waals surface area (Å²) >= 11 is 0. The summed E-state index contributed by atoms with van der Waals surface area (Å²) in [5.41, 5.74) is 1.33. The number of ether oxygens (including phenoxy) is 1. The van der Waals surface area contributed by atoms with E-state index in [9.17, 15) is 9.59 Å². The second-order valence-electron chi connectivity index (χ2n) is 5.88. The maximum atomic E-state index is 12.5. The van der Waals surface area contributed by atoms with Gasteiger partial charge >= 0.3 is 5.97 Å². The largest absolute Gasteiger partial charge is 0.469 e. The quantitative estimate of drug-likeness (QED) is 0.684. The van der Waals surface area contributed by atoms with Crippen molar-refractivity contribution >= 4 is 11.9 Å². The van der Waals surface area contributed by atoms with Crippen LogP contribution in [0.3, 0.4) is 0 Å². The fraction of sp³-hybridized carbons (Fsp3) is 0.500. The average Bonchev–Trinajstić information content (AvgIpc) is 2.80. The third-order valence-corrected chi connectivity index (χ3v) is 4.31. The molecule has 0 aliphatic heterocycles. The number of hydrogen-bond acceptors (Lipinski definition) is 4. The molecule has 2 unspecified atom stereocenters. The Hall–Kier alpha value is -2.35. The van der Waals surface area contributed by atoms with Crippen molar-refractivity contribution in [2.24, 2.45) is 5.92 Å². The zero-order valence-electron chi connectivity index (χ0n) is 13.4. The normalized spacial score (nSPS) is 20.9. The molecule has 2 atom stereocenters. The van der Waals surface area contributed by atoms with E-state index in [-0.39, 0.29) is 30.3 Å². The molecule has 0 bridgehead atoms. The highest BCUT2D eigenvalue weighted by Gasteiger charge is 2.31. The van der Waals surface area contributed by atoms with E-state index < -0.39 is 0 Å². The van der Waals surface area contributed by atoms with Crippen LogP contribution < -0.4 is 5.32 Å². The Labute approximate surface area is 136 Å². The summed E-state index contributed by atoms with van der Waals surface area (Å²) in [5, 5.41) is 11.7. The Morgan fingerprint density at radius 2 is 2.09 bits per heavy atom. The highest BCUT2D eigenvalue weighted by atomic mass is 16.5. The number of methoxy groups -OCH3 is 1. The molecule has 1 saturated carbocycles. The molecule has 5 heteroatoms. The summed E-state index contributed by atoms with van der Waals surface area (Å²) in [7, 11) is 1.39. The zero-order chi connectivity index (χ0) is 16.7. The van der Waals surface area contributed by atoms with Crippen LogP contribution in [0.15, 0.2) is 24.3 Å². The molecule has 0 aromatic heterocycles. The maximum absolute atomic E-state index is 12.5. The molecule has 0 spiro atoms. The molecule has 1 aromatic carbocycles. The number of carbonyl (C=O) groups excluding carboxylic acids is 2. The Bertz CT molecular complexity index is 607. The summed E-state index contributed by atoms with van der Waals surface area (Å²) in [6.45, 7) is 0. The predicted octanol–water partition coefficient (Wildman–Crippen LogP) is 2.60. The molecule has 1 amide bonds. The number of nitrogens with zero attached hydrogens (tertiary/aromatic N) is 1. The number of carbonyl (C=O) groups is 2. The zero-order valence-corrected chi connectivity index (χ0v) is 13.4. The van der Waals surface area contributed by atoms with Gasteiger partial charge in [0.05, 0.1) is 25.5 Å². The molecule has 1 fully saturated rings. The third kappa shape index (κ3) is 4.56. The molecular formula is C18H22N2O3. The van der Waals surface area contributed by atoms with Crippen LogP contribution in [0.25, 0.3) is 0 Å². The van der Waals surface area contributed by atoms with Crippen molar-refractivity contribution in [1.82, 2.24) is 5.32 Å². The van der Waals surface area contributed by atoms with E-state index in [0.29, 0.717) is 5.56 Å². The lowest BCUT2D eigenvalue weighted by Gasteiger charge is -2.24. The van der Waals surface area contributed by atoms with Crippen molar-refractivity contribution in [3.63, 3.8) is 0 Å². The molecule has 5 nitrogen and oxygen atoms in total. The fourth-order valence-electron chi connectivity index (χ4n) is 3.08. The van der Waals surface area contributed by atoms with Gasteiger partial charge in [-0.1, -0.05) is 31.4 Å². The SMILES string of the molecule is COC(=O)C1CCCCCC1NC(=O)c1cccc(CC#N)c1. The number of esters is 1. The van der Waals surface area contributed by atoms with E-state index in [1.165, 1.54) is 7.11 Å². The number of amides is 1. The van der Waals surface area contributed by atoms with Gasteiger partial charge in [-0.05, 0) is 30.5 Å². The maximum Gasteiger partial charge on any atom is 0.310 e. The van der Waals surface area contributed by atoms with Gasteiger partial charge in [0, 0.05) is 11.6 Å². The average molecular weight is 314 g/mol. The van der Waals surface area contributed by atoms with E-state index in [2.05, 4.69) is 11.4 Å². The monoisotopic (exact) mass is 314 g/mol. The molecular weight excluding hydrogens is 292 g/mol. The highest BCUT2D eigenvalue weighted by molar-refractivity contribution is 5.95. The van der Waals surface area contributed by atoms with Crippen LogP contribution >= 0.6 is 0 Å². The van der Waals surface area contributed by atoms with Gasteiger partial charge in [-0.3, -0.25) is 9.59 Å². The van der Waals surface area contributed by atoms with Crippen molar-refractivity contribution in [3.8, 4) is 6.07 Å². The second kappa shape index (κ2) is 8.33. The standard InChI is InChI=1S/C18H22N2O3/c1-23-18(22)15-8-3-2-4-9-16(15)20-17(21)14-7-5-6-13(12-14)10-11-19/h5-7,12,15-16H,2-4,8-10H2,1H3,(H,20,21). The summed E-state index contributed by atoms with van der Waals surface area (Å²) in [6, 6.07) is 8.92. The Morgan fingerprint density at radius 3 is 2.83 bits per heavy atom. The van der Waals surface area contributed by atoms with Crippen molar-refractivity contribution in [2.45, 2.75) is 44.6 Å². The predicted molar refractivity (Wildman–Crippen MR) is 85.6 cm³/mol. The minimum Gasteiger partial charge on any atom is -0.469 e. The van der Waals surface area contributed by atoms with Crippen LogP contribution in [-0.4, -0.2) is 25.0 Å². The summed E-state index contributed by atoms with van der Waals surface area (Å²) in [5.74, 6) is -0.741. The molecule has 2 rings (SSSR count). The molecule has 0 heterocycles. The van der Waals surface area contributed by atoms with Gasteiger partial charge in [0.15, 0.2) is 0 Å². The minimum absolute atomic E-state index is 0.197. The van der Waals surface area contributed by atoms with E-state index in [1.54, 1.807) is 18.2 Å². The molecule has 122 valence electrons. The van der Waals surface area contributed by atoms with Gasteiger partial charge in [-0.15, -0.1) is 0 Å². The topological polar surface area (TPSA) is 79.2 Å². The molecule has 1 aliphatic rings. The van der Waals surface area contributed by atoms with Gasteiger partial charge in [0.2, 0.25) is 0 Å². The first kappa shape index (κ1) is 17.0. The van der Waals surface area contributed by atoms with E-state index >= 15 is 0 Å². The Kier molecular flexibility index (Phi) is 6.16. The number of nitriles is 1. The van der Waals surface area contributed by atoms with Crippen LogP contribution in [0.1, 0.15) is 48.0 Å². The van der Waals surface area contributed by atoms with Crippen LogP contribution in [0, 0.1) is 17.2 Å². The first-order chi connectivity index (χ1) is 11.2. The molecule has 1 N–H and O–H groups in total. The van der Waals surface area contributed by atoms with E-state index in [4.69, 9.17) is 10.00 Å². The van der Waals surface area contributed by atoms with Gasteiger partial charge in [0.1, 0.15) is 0 Å². The summed E-state index contributed by atoms with van der Waals surface area (Å²) < 4.78 is 4.89. The van der Waals surface area contributed by atoms with Crippen molar-refractivity contribution < 1.29 is 14.3 Å². The van der Waals surface area contributed by atoms with Gasteiger partial charge in [0.25, 0.3) is 5.91 Å². The fourth-order valence-corrected chi connectivity index (χ4v) is 3.08. The lowest BCUT2D eigenvalue weighted by atomic mass is 9.94. The van der Waals surface area contributed by atoms with Crippen LogP contribution in [0.4, 0.5) is 0 Å². The highest BCUT2D eigenvalue weighted by Crippen LogP contribution is 2.25. The lowest BCUT2D eigenvalue weighted by molar-refractivity contribution is -0.146. The van der Waals surface area contributed by atoms with Crippen molar-refractivity contribution in [1.29, 1.82) is 5.26 Å². The first-order valence-electron chi connectivity index (χ1n) is 8.00. The number of hydrogen-bond donors (Lipinski definition) is 1. The molecule has 23 heavy (non-hydrogen) atoms. The number of benzene rings is 1. The number of nitrogens with one attached hydrogen (secondary N) is 1. The van der Waals surface area contributed by atoms with Crippen LogP contribution in [0.5, 0.6) is 0 Å². The Balaban J connectivity index is 2.11. The molecule has 1 aromatic rings. The molecule has 0 radical (unpaired) electrons. The Morgan fingerprint density at radius 1 is 1.30 bits per heavy atom. The summed E-state index contributed by atoms with van der Waals surface area (Å²) in [6.07, 6.45) is 4.83. The summed E-state index contributed by atoms with van der Waals surface area (Å²) in [4.78, 5) is 24.5. The smallest absolute Gasteiger partial charge is 0.310 e. The van der Waals surface area contributed by atoms with Crippen molar-refractivity contribution in [2.75, 3.05) is 7.11 Å². The van der Waals surface area contributed by atoms with Crippen LogP contribution in [-0.2, 0) is 16.0 Å². The van der Waals surface area contributed by atoms with E-state index in [0.717, 1.165) is 37.7 Å². The number of rotatable bonds is 4.